The molecule has 1 saturated heterocycles. The van der Waals surface area contributed by atoms with Crippen molar-refractivity contribution in [2.24, 2.45) is 0 Å². The summed E-state index contributed by atoms with van der Waals surface area (Å²) in [6.07, 6.45) is -0.660. The van der Waals surface area contributed by atoms with E-state index in [1.807, 2.05) is 19.0 Å². The third-order valence-corrected chi connectivity index (χ3v) is 3.54. The Hall–Kier alpha value is -1.73. The first-order valence-corrected chi connectivity index (χ1v) is 6.57. The summed E-state index contributed by atoms with van der Waals surface area (Å²) in [5, 5.41) is 9.95. The van der Waals surface area contributed by atoms with Crippen LogP contribution in [-0.4, -0.2) is 66.8 Å². The maximum atomic E-state index is 12.4. The van der Waals surface area contributed by atoms with Crippen LogP contribution in [0.3, 0.4) is 0 Å². The summed E-state index contributed by atoms with van der Waals surface area (Å²) in [5.41, 5.74) is 0.0735. The van der Waals surface area contributed by atoms with Crippen LogP contribution < -0.4 is 4.74 Å². The molecule has 0 spiro atoms. The Labute approximate surface area is 121 Å². The average molecular weight is 300 g/mol. The monoisotopic (exact) mass is 300 g/mol. The van der Waals surface area contributed by atoms with E-state index in [4.69, 9.17) is 0 Å². The minimum atomic E-state index is -2.99. The Kier molecular flexibility index (Phi) is 4.74. The standard InChI is InChI=1S/C14H18F2N2O3/c1-17(2)10-7-18(8-11(10)19)13(20)9-5-3-4-6-12(9)21-14(15)16/h3-6,10-11,14,19H,7-8H2,1-2H3/t10-,11-/m1/s1. The van der Waals surface area contributed by atoms with Crippen LogP contribution in [-0.2, 0) is 0 Å². The number of aliphatic hydroxyl groups is 1. The summed E-state index contributed by atoms with van der Waals surface area (Å²) in [5.74, 6) is -0.574. The number of nitrogens with zero attached hydrogens (tertiary/aromatic N) is 2. The molecule has 7 heteroatoms. The zero-order chi connectivity index (χ0) is 15.6. The number of hydrogen-bond donors (Lipinski definition) is 1. The van der Waals surface area contributed by atoms with Gasteiger partial charge in [-0.05, 0) is 26.2 Å². The normalized spacial score (nSPS) is 22.1. The molecular weight excluding hydrogens is 282 g/mol. The van der Waals surface area contributed by atoms with Crippen molar-refractivity contribution in [1.82, 2.24) is 9.80 Å². The topological polar surface area (TPSA) is 53.0 Å². The van der Waals surface area contributed by atoms with Gasteiger partial charge in [-0.1, -0.05) is 12.1 Å². The summed E-state index contributed by atoms with van der Waals surface area (Å²) in [6.45, 7) is -2.47. The van der Waals surface area contributed by atoms with Crippen LogP contribution in [0.25, 0.3) is 0 Å². The van der Waals surface area contributed by atoms with Gasteiger partial charge in [-0.3, -0.25) is 4.79 Å². The molecule has 1 amide bonds. The molecule has 0 aliphatic carbocycles. The first kappa shape index (κ1) is 15.7. The minimum absolute atomic E-state index is 0.0735. The van der Waals surface area contributed by atoms with Gasteiger partial charge in [0.2, 0.25) is 0 Å². The van der Waals surface area contributed by atoms with Crippen molar-refractivity contribution in [2.75, 3.05) is 27.2 Å². The molecule has 0 bridgehead atoms. The van der Waals surface area contributed by atoms with Crippen LogP contribution >= 0.6 is 0 Å². The molecule has 5 nitrogen and oxygen atoms in total. The van der Waals surface area contributed by atoms with Crippen molar-refractivity contribution in [3.8, 4) is 5.75 Å². The van der Waals surface area contributed by atoms with E-state index in [0.717, 1.165) is 0 Å². The number of benzene rings is 1. The van der Waals surface area contributed by atoms with E-state index < -0.39 is 18.6 Å². The first-order chi connectivity index (χ1) is 9.90. The van der Waals surface area contributed by atoms with Gasteiger partial charge in [0, 0.05) is 13.1 Å². The smallest absolute Gasteiger partial charge is 0.387 e. The summed E-state index contributed by atoms with van der Waals surface area (Å²) < 4.78 is 29.1. The van der Waals surface area contributed by atoms with Gasteiger partial charge in [-0.15, -0.1) is 0 Å². The highest BCUT2D eigenvalue weighted by molar-refractivity contribution is 5.97. The minimum Gasteiger partial charge on any atom is -0.434 e. The van der Waals surface area contributed by atoms with Crippen LogP contribution in [0.15, 0.2) is 24.3 Å². The Morgan fingerprint density at radius 1 is 1.38 bits per heavy atom. The third kappa shape index (κ3) is 3.48. The maximum absolute atomic E-state index is 12.4. The maximum Gasteiger partial charge on any atom is 0.387 e. The molecule has 2 rings (SSSR count). The van der Waals surface area contributed by atoms with Crippen LogP contribution in [0, 0.1) is 0 Å². The lowest BCUT2D eigenvalue weighted by atomic mass is 10.2. The largest absolute Gasteiger partial charge is 0.434 e. The highest BCUT2D eigenvalue weighted by atomic mass is 19.3. The first-order valence-electron chi connectivity index (χ1n) is 6.57. The van der Waals surface area contributed by atoms with Crippen LogP contribution in [0.2, 0.25) is 0 Å². The van der Waals surface area contributed by atoms with Crippen molar-refractivity contribution < 1.29 is 23.4 Å². The molecule has 0 unspecified atom stereocenters. The summed E-state index contributed by atoms with van der Waals surface area (Å²) in [6, 6.07) is 5.71. The molecule has 1 fully saturated rings. The van der Waals surface area contributed by atoms with Gasteiger partial charge in [0.15, 0.2) is 0 Å². The third-order valence-electron chi connectivity index (χ3n) is 3.54. The van der Waals surface area contributed by atoms with Crippen LogP contribution in [0.4, 0.5) is 8.78 Å². The Bertz CT molecular complexity index is 511. The van der Waals surface area contributed by atoms with Gasteiger partial charge in [0.05, 0.1) is 17.7 Å². The lowest BCUT2D eigenvalue weighted by molar-refractivity contribution is -0.0502. The van der Waals surface area contributed by atoms with E-state index in [1.165, 1.54) is 23.1 Å². The number of halogens is 2. The second kappa shape index (κ2) is 6.36. The van der Waals surface area contributed by atoms with Gasteiger partial charge in [-0.25, -0.2) is 0 Å². The molecule has 0 radical (unpaired) electrons. The highest BCUT2D eigenvalue weighted by Gasteiger charge is 2.36. The van der Waals surface area contributed by atoms with E-state index in [-0.39, 0.29) is 23.9 Å². The molecule has 1 aliphatic heterocycles. The Balaban J connectivity index is 2.18. The predicted octanol–water partition coefficient (Wildman–Crippen LogP) is 1.03. The van der Waals surface area contributed by atoms with E-state index in [1.54, 1.807) is 6.07 Å². The molecule has 1 aromatic rings. The number of alkyl halides is 2. The fourth-order valence-electron chi connectivity index (χ4n) is 2.46. The number of para-hydroxylation sites is 1. The molecular formula is C14H18F2N2O3. The number of ether oxygens (including phenoxy) is 1. The number of β-amino-alcohol motifs (C(OH)–C–C–N with tert-alkyl or cyclic N) is 1. The van der Waals surface area contributed by atoms with E-state index in [0.29, 0.717) is 6.54 Å². The fourth-order valence-corrected chi connectivity index (χ4v) is 2.46. The van der Waals surface area contributed by atoms with Crippen LogP contribution in [0.1, 0.15) is 10.4 Å². The molecule has 116 valence electrons. The van der Waals surface area contributed by atoms with Gasteiger partial charge >= 0.3 is 6.61 Å². The average Bonchev–Trinajstić information content (AvgIpc) is 2.80. The van der Waals surface area contributed by atoms with Crippen molar-refractivity contribution in [1.29, 1.82) is 0 Å². The number of amides is 1. The summed E-state index contributed by atoms with van der Waals surface area (Å²) in [4.78, 5) is 15.7. The molecule has 0 aromatic heterocycles. The number of carbonyl (C=O) groups is 1. The fraction of sp³-hybridized carbons (Fsp3) is 0.500. The van der Waals surface area contributed by atoms with E-state index in [9.17, 15) is 18.7 Å². The summed E-state index contributed by atoms with van der Waals surface area (Å²) in [7, 11) is 3.63. The second-order valence-corrected chi connectivity index (χ2v) is 5.18. The van der Waals surface area contributed by atoms with Crippen LogP contribution in [0.5, 0.6) is 5.75 Å². The van der Waals surface area contributed by atoms with Gasteiger partial charge in [0.25, 0.3) is 5.91 Å². The second-order valence-electron chi connectivity index (χ2n) is 5.18. The zero-order valence-electron chi connectivity index (χ0n) is 11.9. The predicted molar refractivity (Wildman–Crippen MR) is 72.5 cm³/mol. The number of likely N-dealkylation sites (N-methyl/N-ethyl adjacent to an activating group) is 1. The van der Waals surface area contributed by atoms with Crippen molar-refractivity contribution in [3.05, 3.63) is 29.8 Å². The Morgan fingerprint density at radius 2 is 2.05 bits per heavy atom. The number of likely N-dealkylation sites (tertiary alicyclic amines) is 1. The quantitative estimate of drug-likeness (QED) is 0.902. The van der Waals surface area contributed by atoms with E-state index in [2.05, 4.69) is 4.74 Å². The lowest BCUT2D eigenvalue weighted by Crippen LogP contribution is -2.38. The molecule has 2 atom stereocenters. The lowest BCUT2D eigenvalue weighted by Gasteiger charge is -2.22. The molecule has 1 aliphatic rings. The molecule has 0 saturated carbocycles. The number of carbonyl (C=O) groups excluding carboxylic acids is 1. The molecule has 1 N–H and O–H groups in total. The Morgan fingerprint density at radius 3 is 2.62 bits per heavy atom. The van der Waals surface area contributed by atoms with Gasteiger partial charge in [0.1, 0.15) is 5.75 Å². The van der Waals surface area contributed by atoms with E-state index >= 15 is 0 Å². The molecule has 21 heavy (non-hydrogen) atoms. The highest BCUT2D eigenvalue weighted by Crippen LogP contribution is 2.24. The zero-order valence-corrected chi connectivity index (χ0v) is 11.9. The molecule has 1 aromatic carbocycles. The van der Waals surface area contributed by atoms with Gasteiger partial charge < -0.3 is 19.6 Å². The van der Waals surface area contributed by atoms with Crippen molar-refractivity contribution in [2.45, 2.75) is 18.8 Å². The van der Waals surface area contributed by atoms with Crippen molar-refractivity contribution >= 4 is 5.91 Å². The molecule has 1 heterocycles. The van der Waals surface area contributed by atoms with Crippen molar-refractivity contribution in [3.63, 3.8) is 0 Å². The van der Waals surface area contributed by atoms with Gasteiger partial charge in [-0.2, -0.15) is 8.78 Å². The summed E-state index contributed by atoms with van der Waals surface area (Å²) >= 11 is 0. The SMILES string of the molecule is CN(C)[C@@H]1CN(C(=O)c2ccccc2OC(F)F)C[C@H]1O. The number of rotatable bonds is 4. The number of aliphatic hydroxyl groups excluding tert-OH is 1. The number of hydrogen-bond acceptors (Lipinski definition) is 4.